The van der Waals surface area contributed by atoms with Gasteiger partial charge >= 0.3 is 0 Å². The summed E-state index contributed by atoms with van der Waals surface area (Å²) in [4.78, 5) is 4.20. The van der Waals surface area contributed by atoms with Crippen molar-refractivity contribution in [3.05, 3.63) is 108 Å². The van der Waals surface area contributed by atoms with Gasteiger partial charge in [0.1, 0.15) is 18.7 Å². The Balaban J connectivity index is 1.99. The smallest absolute Gasteiger partial charge is 0.137 e. The van der Waals surface area contributed by atoms with Crippen LogP contribution < -0.4 is 0 Å². The third kappa shape index (κ3) is 3.04. The zero-order chi connectivity index (χ0) is 17.8. The second kappa shape index (κ2) is 7.36. The van der Waals surface area contributed by atoms with Gasteiger partial charge in [-0.25, -0.2) is 9.67 Å². The van der Waals surface area contributed by atoms with Crippen LogP contribution in [0.5, 0.6) is 0 Å². The van der Waals surface area contributed by atoms with E-state index in [-0.39, 0.29) is 6.04 Å². The first-order valence-electron chi connectivity index (χ1n) is 8.94. The molecule has 0 saturated heterocycles. The van der Waals surface area contributed by atoms with Gasteiger partial charge < -0.3 is 0 Å². The summed E-state index contributed by atoms with van der Waals surface area (Å²) in [5.41, 5.74) is 6.29. The summed E-state index contributed by atoms with van der Waals surface area (Å²) in [7, 11) is 0. The molecule has 0 radical (unpaired) electrons. The van der Waals surface area contributed by atoms with Gasteiger partial charge in [0.25, 0.3) is 0 Å². The average Bonchev–Trinajstić information content (AvgIpc) is 3.24. The van der Waals surface area contributed by atoms with Crippen molar-refractivity contribution < 1.29 is 0 Å². The van der Waals surface area contributed by atoms with E-state index in [2.05, 4.69) is 89.8 Å². The number of nitrogens with zero attached hydrogens (tertiary/aromatic N) is 3. The van der Waals surface area contributed by atoms with Crippen LogP contribution in [0.15, 0.2) is 91.5 Å². The van der Waals surface area contributed by atoms with Crippen LogP contribution in [0.1, 0.15) is 29.7 Å². The average molecular weight is 339 g/mol. The summed E-state index contributed by atoms with van der Waals surface area (Å²) in [6.07, 6.45) is 4.37. The number of rotatable bonds is 5. The van der Waals surface area contributed by atoms with E-state index in [4.69, 9.17) is 0 Å². The number of hydrogen-bond donors (Lipinski definition) is 0. The fraction of sp³-hybridized carbons (Fsp3) is 0.130. The van der Waals surface area contributed by atoms with Crippen LogP contribution in [0, 0.1) is 0 Å². The maximum absolute atomic E-state index is 4.49. The fourth-order valence-electron chi connectivity index (χ4n) is 3.55. The van der Waals surface area contributed by atoms with Crippen molar-refractivity contribution in [1.29, 1.82) is 0 Å². The van der Waals surface area contributed by atoms with Crippen molar-refractivity contribution in [3.63, 3.8) is 0 Å². The van der Waals surface area contributed by atoms with Gasteiger partial charge in [0, 0.05) is 0 Å². The SMILES string of the molecule is CCc1cccc(-c2ccccc2)c1C(c1ccccc1)n1cncn1. The molecule has 3 nitrogen and oxygen atoms in total. The largest absolute Gasteiger partial charge is 0.241 e. The number of benzene rings is 3. The van der Waals surface area contributed by atoms with Crippen molar-refractivity contribution in [2.45, 2.75) is 19.4 Å². The highest BCUT2D eigenvalue weighted by molar-refractivity contribution is 5.70. The molecule has 1 atom stereocenters. The molecule has 4 aromatic rings. The second-order valence-electron chi connectivity index (χ2n) is 6.29. The van der Waals surface area contributed by atoms with Gasteiger partial charge in [-0.1, -0.05) is 85.8 Å². The van der Waals surface area contributed by atoms with E-state index in [1.807, 2.05) is 10.7 Å². The molecule has 3 heteroatoms. The van der Waals surface area contributed by atoms with E-state index < -0.39 is 0 Å². The molecule has 3 aromatic carbocycles. The van der Waals surface area contributed by atoms with Gasteiger partial charge in [-0.15, -0.1) is 0 Å². The molecule has 0 fully saturated rings. The first kappa shape index (κ1) is 16.3. The van der Waals surface area contributed by atoms with E-state index in [9.17, 15) is 0 Å². The highest BCUT2D eigenvalue weighted by Gasteiger charge is 2.23. The summed E-state index contributed by atoms with van der Waals surface area (Å²) < 4.78 is 1.95. The lowest BCUT2D eigenvalue weighted by molar-refractivity contribution is 0.590. The predicted molar refractivity (Wildman–Crippen MR) is 105 cm³/mol. The summed E-state index contributed by atoms with van der Waals surface area (Å²) in [6.45, 7) is 2.21. The van der Waals surface area contributed by atoms with Crippen LogP contribution in [0.3, 0.4) is 0 Å². The third-order valence-corrected chi connectivity index (χ3v) is 4.75. The highest BCUT2D eigenvalue weighted by Crippen LogP contribution is 2.36. The van der Waals surface area contributed by atoms with Gasteiger partial charge in [0.2, 0.25) is 0 Å². The Kier molecular flexibility index (Phi) is 4.61. The van der Waals surface area contributed by atoms with Crippen molar-refractivity contribution in [2.75, 3.05) is 0 Å². The van der Waals surface area contributed by atoms with Crippen LogP contribution in [0.4, 0.5) is 0 Å². The molecule has 0 saturated carbocycles. The molecule has 0 N–H and O–H groups in total. The van der Waals surface area contributed by atoms with E-state index in [0.717, 1.165) is 6.42 Å². The molecule has 1 heterocycles. The van der Waals surface area contributed by atoms with Crippen molar-refractivity contribution in [3.8, 4) is 11.1 Å². The Labute approximate surface area is 154 Å². The molecule has 0 bridgehead atoms. The van der Waals surface area contributed by atoms with E-state index >= 15 is 0 Å². The van der Waals surface area contributed by atoms with Gasteiger partial charge in [-0.05, 0) is 34.2 Å². The lowest BCUT2D eigenvalue weighted by Crippen LogP contribution is -2.16. The van der Waals surface area contributed by atoms with Crippen LogP contribution in [0.25, 0.3) is 11.1 Å². The first-order chi connectivity index (χ1) is 12.9. The Morgan fingerprint density at radius 2 is 1.58 bits per heavy atom. The standard InChI is InChI=1S/C23H21N3/c1-2-18-14-9-15-21(19-10-5-3-6-11-19)22(18)23(26-17-24-16-25-26)20-12-7-4-8-13-20/h3-17,23H,2H2,1H3. The predicted octanol–water partition coefficient (Wildman–Crippen LogP) is 5.15. The Hall–Kier alpha value is -3.20. The second-order valence-corrected chi connectivity index (χ2v) is 6.29. The topological polar surface area (TPSA) is 30.7 Å². The third-order valence-electron chi connectivity index (χ3n) is 4.75. The van der Waals surface area contributed by atoms with E-state index in [0.29, 0.717) is 0 Å². The minimum Gasteiger partial charge on any atom is -0.241 e. The quantitative estimate of drug-likeness (QED) is 0.504. The monoisotopic (exact) mass is 339 g/mol. The molecule has 0 amide bonds. The van der Waals surface area contributed by atoms with Crippen molar-refractivity contribution in [2.24, 2.45) is 0 Å². The minimum absolute atomic E-state index is 0.00921. The molecular weight excluding hydrogens is 318 g/mol. The molecule has 1 aromatic heterocycles. The van der Waals surface area contributed by atoms with E-state index in [1.54, 1.807) is 12.7 Å². The molecule has 0 spiro atoms. The summed E-state index contributed by atoms with van der Waals surface area (Å²) in [6, 6.07) is 27.7. The molecule has 128 valence electrons. The number of hydrogen-bond acceptors (Lipinski definition) is 2. The lowest BCUT2D eigenvalue weighted by atomic mass is 9.86. The van der Waals surface area contributed by atoms with Crippen molar-refractivity contribution in [1.82, 2.24) is 14.8 Å². The maximum Gasteiger partial charge on any atom is 0.137 e. The van der Waals surface area contributed by atoms with Gasteiger partial charge in [0.05, 0.1) is 0 Å². The van der Waals surface area contributed by atoms with Gasteiger partial charge in [-0.2, -0.15) is 5.10 Å². The Morgan fingerprint density at radius 1 is 0.846 bits per heavy atom. The Morgan fingerprint density at radius 3 is 2.23 bits per heavy atom. The molecule has 0 aliphatic carbocycles. The van der Waals surface area contributed by atoms with Crippen LogP contribution in [-0.4, -0.2) is 14.8 Å². The zero-order valence-corrected chi connectivity index (χ0v) is 14.8. The summed E-state index contributed by atoms with van der Waals surface area (Å²) in [5, 5.41) is 4.49. The maximum atomic E-state index is 4.49. The molecule has 0 aliphatic rings. The van der Waals surface area contributed by atoms with Crippen molar-refractivity contribution >= 4 is 0 Å². The Bertz CT molecular complexity index is 961. The minimum atomic E-state index is -0.00921. The summed E-state index contributed by atoms with van der Waals surface area (Å²) in [5.74, 6) is 0. The zero-order valence-electron chi connectivity index (χ0n) is 14.8. The van der Waals surface area contributed by atoms with Gasteiger partial charge in [0.15, 0.2) is 0 Å². The molecular formula is C23H21N3. The molecule has 0 aliphatic heterocycles. The number of aryl methyl sites for hydroxylation is 1. The van der Waals surface area contributed by atoms with Crippen LogP contribution in [-0.2, 0) is 6.42 Å². The normalized spacial score (nSPS) is 12.0. The van der Waals surface area contributed by atoms with Crippen LogP contribution >= 0.6 is 0 Å². The lowest BCUT2D eigenvalue weighted by Gasteiger charge is -2.24. The molecule has 1 unspecified atom stereocenters. The first-order valence-corrected chi connectivity index (χ1v) is 8.94. The molecule has 4 rings (SSSR count). The van der Waals surface area contributed by atoms with Gasteiger partial charge in [-0.3, -0.25) is 0 Å². The highest BCUT2D eigenvalue weighted by atomic mass is 15.3. The molecule has 26 heavy (non-hydrogen) atoms. The summed E-state index contributed by atoms with van der Waals surface area (Å²) >= 11 is 0. The van der Waals surface area contributed by atoms with E-state index in [1.165, 1.54) is 27.8 Å². The van der Waals surface area contributed by atoms with Crippen LogP contribution in [0.2, 0.25) is 0 Å². The number of aromatic nitrogens is 3. The fourth-order valence-corrected chi connectivity index (χ4v) is 3.55.